The molecule has 0 aromatic rings. The Hall–Kier alpha value is -0.210. The summed E-state index contributed by atoms with van der Waals surface area (Å²) in [6.07, 6.45) is 1.86. The standard InChI is InChI=1S/C13H28N4O2S/c1-12(2)16-8-4-13(5-9-16)15(3)20(18,19)17-10-6-14-7-11-17/h12-14H,4-11H2,1-3H3. The van der Waals surface area contributed by atoms with E-state index in [1.165, 1.54) is 0 Å². The van der Waals surface area contributed by atoms with E-state index < -0.39 is 10.2 Å². The summed E-state index contributed by atoms with van der Waals surface area (Å²) in [4.78, 5) is 2.42. The molecule has 0 atom stereocenters. The van der Waals surface area contributed by atoms with Gasteiger partial charge in [0.15, 0.2) is 0 Å². The van der Waals surface area contributed by atoms with Gasteiger partial charge in [-0.05, 0) is 39.8 Å². The molecule has 2 aliphatic rings. The van der Waals surface area contributed by atoms with E-state index in [1.54, 1.807) is 15.7 Å². The molecule has 0 spiro atoms. The Kier molecular flexibility index (Phi) is 5.42. The van der Waals surface area contributed by atoms with Gasteiger partial charge in [-0.3, -0.25) is 0 Å². The molecular formula is C13H28N4O2S. The lowest BCUT2D eigenvalue weighted by atomic mass is 10.0. The minimum absolute atomic E-state index is 0.143. The third-order valence-corrected chi connectivity index (χ3v) is 6.55. The fraction of sp³-hybridized carbons (Fsp3) is 1.00. The maximum atomic E-state index is 12.6. The first-order valence-corrected chi connectivity index (χ1v) is 9.00. The Labute approximate surface area is 123 Å². The van der Waals surface area contributed by atoms with Crippen LogP contribution in [0.5, 0.6) is 0 Å². The summed E-state index contributed by atoms with van der Waals surface area (Å²) >= 11 is 0. The quantitative estimate of drug-likeness (QED) is 0.791. The maximum Gasteiger partial charge on any atom is 0.282 e. The molecular weight excluding hydrogens is 276 g/mol. The van der Waals surface area contributed by atoms with Crippen LogP contribution in [0.1, 0.15) is 26.7 Å². The van der Waals surface area contributed by atoms with Crippen molar-refractivity contribution in [2.45, 2.75) is 38.8 Å². The van der Waals surface area contributed by atoms with Gasteiger partial charge in [-0.1, -0.05) is 0 Å². The highest BCUT2D eigenvalue weighted by Crippen LogP contribution is 2.21. The summed E-state index contributed by atoms with van der Waals surface area (Å²) in [5.74, 6) is 0. The second-order valence-electron chi connectivity index (χ2n) is 6.03. The van der Waals surface area contributed by atoms with Crippen LogP contribution in [-0.4, -0.2) is 80.3 Å². The molecule has 2 fully saturated rings. The predicted octanol–water partition coefficient (Wildman–Crippen LogP) is -0.0590. The topological polar surface area (TPSA) is 55.9 Å². The summed E-state index contributed by atoms with van der Waals surface area (Å²) in [6.45, 7) is 9.03. The second-order valence-corrected chi connectivity index (χ2v) is 8.02. The third-order valence-electron chi connectivity index (χ3n) is 4.51. The van der Waals surface area contributed by atoms with Crippen molar-refractivity contribution in [3.8, 4) is 0 Å². The van der Waals surface area contributed by atoms with Crippen molar-refractivity contribution in [2.24, 2.45) is 0 Å². The lowest BCUT2D eigenvalue weighted by Gasteiger charge is -2.40. The number of hydrogen-bond acceptors (Lipinski definition) is 4. The van der Waals surface area contributed by atoms with E-state index in [0.717, 1.165) is 39.0 Å². The van der Waals surface area contributed by atoms with Gasteiger partial charge in [0.1, 0.15) is 0 Å². The van der Waals surface area contributed by atoms with Crippen molar-refractivity contribution in [1.29, 1.82) is 0 Å². The van der Waals surface area contributed by atoms with Crippen LogP contribution in [0.15, 0.2) is 0 Å². The molecule has 0 amide bonds. The van der Waals surface area contributed by atoms with Gasteiger partial charge in [-0.2, -0.15) is 17.0 Å². The molecule has 6 nitrogen and oxygen atoms in total. The summed E-state index contributed by atoms with van der Waals surface area (Å²) in [5.41, 5.74) is 0. The molecule has 2 rings (SSSR count). The lowest BCUT2D eigenvalue weighted by Crippen LogP contribution is -2.55. The Balaban J connectivity index is 1.95. The minimum Gasteiger partial charge on any atom is -0.314 e. The van der Waals surface area contributed by atoms with Crippen molar-refractivity contribution in [3.63, 3.8) is 0 Å². The van der Waals surface area contributed by atoms with Crippen LogP contribution in [0.3, 0.4) is 0 Å². The predicted molar refractivity (Wildman–Crippen MR) is 80.9 cm³/mol. The molecule has 0 unspecified atom stereocenters. The molecule has 0 aromatic carbocycles. The molecule has 2 heterocycles. The Morgan fingerprint density at radius 1 is 1.10 bits per heavy atom. The van der Waals surface area contributed by atoms with E-state index in [0.29, 0.717) is 19.1 Å². The Morgan fingerprint density at radius 3 is 2.15 bits per heavy atom. The van der Waals surface area contributed by atoms with E-state index in [2.05, 4.69) is 24.1 Å². The highest BCUT2D eigenvalue weighted by atomic mass is 32.2. The van der Waals surface area contributed by atoms with Gasteiger partial charge in [-0.25, -0.2) is 0 Å². The van der Waals surface area contributed by atoms with E-state index in [9.17, 15) is 8.42 Å². The van der Waals surface area contributed by atoms with Gasteiger partial charge < -0.3 is 10.2 Å². The number of piperazine rings is 1. The van der Waals surface area contributed by atoms with Crippen molar-refractivity contribution in [2.75, 3.05) is 46.3 Å². The van der Waals surface area contributed by atoms with E-state index in [4.69, 9.17) is 0 Å². The van der Waals surface area contributed by atoms with Gasteiger partial charge in [0.05, 0.1) is 0 Å². The number of rotatable bonds is 4. The number of likely N-dealkylation sites (tertiary alicyclic amines) is 1. The SMILES string of the molecule is CC(C)N1CCC(N(C)S(=O)(=O)N2CCNCC2)CC1. The maximum absolute atomic E-state index is 12.6. The molecule has 2 aliphatic heterocycles. The minimum atomic E-state index is -3.29. The third kappa shape index (κ3) is 3.51. The first-order valence-electron chi connectivity index (χ1n) is 7.61. The molecule has 0 saturated carbocycles. The van der Waals surface area contributed by atoms with Crippen LogP contribution in [0.4, 0.5) is 0 Å². The average Bonchev–Trinajstić information content (AvgIpc) is 2.47. The smallest absolute Gasteiger partial charge is 0.282 e. The Morgan fingerprint density at radius 2 is 1.65 bits per heavy atom. The summed E-state index contributed by atoms with van der Waals surface area (Å²) in [6, 6.07) is 0.691. The highest BCUT2D eigenvalue weighted by molar-refractivity contribution is 7.86. The van der Waals surface area contributed by atoms with Crippen LogP contribution in [0, 0.1) is 0 Å². The monoisotopic (exact) mass is 304 g/mol. The molecule has 0 radical (unpaired) electrons. The van der Waals surface area contributed by atoms with E-state index in [1.807, 2.05) is 0 Å². The first-order chi connectivity index (χ1) is 9.43. The first kappa shape index (κ1) is 16.2. The zero-order valence-electron chi connectivity index (χ0n) is 12.9. The van der Waals surface area contributed by atoms with E-state index in [-0.39, 0.29) is 6.04 Å². The van der Waals surface area contributed by atoms with E-state index >= 15 is 0 Å². The normalized spacial score (nSPS) is 24.6. The van der Waals surface area contributed by atoms with Gasteiger partial charge in [0.25, 0.3) is 10.2 Å². The largest absolute Gasteiger partial charge is 0.314 e. The summed E-state index contributed by atoms with van der Waals surface area (Å²) in [7, 11) is -1.55. The number of nitrogens with zero attached hydrogens (tertiary/aromatic N) is 3. The average molecular weight is 304 g/mol. The van der Waals surface area contributed by atoms with Crippen LogP contribution in [-0.2, 0) is 10.2 Å². The second kappa shape index (κ2) is 6.70. The zero-order chi connectivity index (χ0) is 14.8. The van der Waals surface area contributed by atoms with Gasteiger partial charge in [0.2, 0.25) is 0 Å². The molecule has 118 valence electrons. The van der Waals surface area contributed by atoms with Crippen LogP contribution < -0.4 is 5.32 Å². The van der Waals surface area contributed by atoms with Crippen molar-refractivity contribution >= 4 is 10.2 Å². The van der Waals surface area contributed by atoms with Crippen molar-refractivity contribution in [1.82, 2.24) is 18.8 Å². The lowest BCUT2D eigenvalue weighted by molar-refractivity contribution is 0.137. The number of nitrogens with one attached hydrogen (secondary N) is 1. The summed E-state index contributed by atoms with van der Waals surface area (Å²) < 4.78 is 28.4. The highest BCUT2D eigenvalue weighted by Gasteiger charge is 2.34. The molecule has 0 aliphatic carbocycles. The van der Waals surface area contributed by atoms with Gasteiger partial charge >= 0.3 is 0 Å². The number of piperidine rings is 1. The fourth-order valence-corrected chi connectivity index (χ4v) is 4.61. The molecule has 0 bridgehead atoms. The van der Waals surface area contributed by atoms with Crippen LogP contribution in [0.25, 0.3) is 0 Å². The summed E-state index contributed by atoms with van der Waals surface area (Å²) in [5, 5.41) is 3.19. The molecule has 2 saturated heterocycles. The van der Waals surface area contributed by atoms with Crippen molar-refractivity contribution in [3.05, 3.63) is 0 Å². The number of hydrogen-bond donors (Lipinski definition) is 1. The Bertz CT molecular complexity index is 399. The fourth-order valence-electron chi connectivity index (χ4n) is 3.01. The molecule has 0 aromatic heterocycles. The van der Waals surface area contributed by atoms with Gasteiger partial charge in [-0.15, -0.1) is 0 Å². The molecule has 1 N–H and O–H groups in total. The molecule has 20 heavy (non-hydrogen) atoms. The molecule has 7 heteroatoms. The van der Waals surface area contributed by atoms with Crippen LogP contribution >= 0.6 is 0 Å². The van der Waals surface area contributed by atoms with Gasteiger partial charge in [0, 0.05) is 45.3 Å². The zero-order valence-corrected chi connectivity index (χ0v) is 13.7. The van der Waals surface area contributed by atoms with Crippen LogP contribution in [0.2, 0.25) is 0 Å². The van der Waals surface area contributed by atoms with Crippen molar-refractivity contribution < 1.29 is 8.42 Å².